The van der Waals surface area contributed by atoms with Crippen molar-refractivity contribution in [3.63, 3.8) is 0 Å². The van der Waals surface area contributed by atoms with Crippen LogP contribution in [0.1, 0.15) is 52.4 Å². The molecule has 0 aromatic heterocycles. The molecule has 100 valence electrons. The maximum absolute atomic E-state index is 10.2. The SMILES string of the molecule is CCCCNC(=NCC1(O)CCCC1)NCC. The monoisotopic (exact) mass is 241 g/mol. The molecule has 1 saturated carbocycles. The van der Waals surface area contributed by atoms with E-state index in [2.05, 4.69) is 29.5 Å². The molecule has 1 rings (SSSR count). The number of hydrogen-bond acceptors (Lipinski definition) is 2. The number of aliphatic imine (C=N–C) groups is 1. The minimum absolute atomic E-state index is 0.522. The molecular formula is C13H27N3O. The molecule has 0 atom stereocenters. The smallest absolute Gasteiger partial charge is 0.191 e. The summed E-state index contributed by atoms with van der Waals surface area (Å²) in [6.07, 6.45) is 6.37. The van der Waals surface area contributed by atoms with Gasteiger partial charge in [0, 0.05) is 13.1 Å². The molecule has 0 aliphatic heterocycles. The van der Waals surface area contributed by atoms with E-state index >= 15 is 0 Å². The van der Waals surface area contributed by atoms with Gasteiger partial charge in [-0.2, -0.15) is 0 Å². The van der Waals surface area contributed by atoms with Gasteiger partial charge in [0.1, 0.15) is 0 Å². The Kier molecular flexibility index (Phi) is 6.34. The van der Waals surface area contributed by atoms with Crippen molar-refractivity contribution < 1.29 is 5.11 Å². The molecule has 0 aromatic carbocycles. The van der Waals surface area contributed by atoms with Gasteiger partial charge in [-0.25, -0.2) is 0 Å². The van der Waals surface area contributed by atoms with Gasteiger partial charge in [0.15, 0.2) is 5.96 Å². The van der Waals surface area contributed by atoms with Gasteiger partial charge in [0.2, 0.25) is 0 Å². The predicted octanol–water partition coefficient (Wildman–Crippen LogP) is 1.65. The number of hydrogen-bond donors (Lipinski definition) is 3. The summed E-state index contributed by atoms with van der Waals surface area (Å²) in [5.74, 6) is 0.835. The molecule has 3 N–H and O–H groups in total. The zero-order valence-corrected chi connectivity index (χ0v) is 11.3. The maximum Gasteiger partial charge on any atom is 0.191 e. The highest BCUT2D eigenvalue weighted by Crippen LogP contribution is 2.29. The first-order valence-corrected chi connectivity index (χ1v) is 6.95. The van der Waals surface area contributed by atoms with Gasteiger partial charge in [-0.05, 0) is 26.2 Å². The van der Waals surface area contributed by atoms with Crippen molar-refractivity contribution >= 4 is 5.96 Å². The average Bonchev–Trinajstić information content (AvgIpc) is 2.74. The van der Waals surface area contributed by atoms with E-state index in [1.54, 1.807) is 0 Å². The quantitative estimate of drug-likeness (QED) is 0.376. The first-order chi connectivity index (χ1) is 8.20. The predicted molar refractivity (Wildman–Crippen MR) is 72.3 cm³/mol. The van der Waals surface area contributed by atoms with Crippen molar-refractivity contribution in [1.82, 2.24) is 10.6 Å². The summed E-state index contributed by atoms with van der Waals surface area (Å²) in [7, 11) is 0. The van der Waals surface area contributed by atoms with Crippen molar-refractivity contribution in [1.29, 1.82) is 0 Å². The Balaban J connectivity index is 2.38. The first-order valence-electron chi connectivity index (χ1n) is 6.95. The Labute approximate surface area is 105 Å². The number of unbranched alkanes of at least 4 members (excludes halogenated alkanes) is 1. The highest BCUT2D eigenvalue weighted by molar-refractivity contribution is 5.79. The first kappa shape index (κ1) is 14.3. The molecule has 17 heavy (non-hydrogen) atoms. The third-order valence-electron chi connectivity index (χ3n) is 3.23. The Bertz CT molecular complexity index is 235. The van der Waals surface area contributed by atoms with Crippen LogP contribution in [0.3, 0.4) is 0 Å². The molecule has 0 heterocycles. The van der Waals surface area contributed by atoms with Crippen LogP contribution in [0.5, 0.6) is 0 Å². The Morgan fingerprint density at radius 3 is 2.53 bits per heavy atom. The molecule has 0 radical (unpaired) electrons. The molecule has 0 saturated heterocycles. The summed E-state index contributed by atoms with van der Waals surface area (Å²) >= 11 is 0. The second-order valence-electron chi connectivity index (χ2n) is 4.91. The van der Waals surface area contributed by atoms with Crippen molar-refractivity contribution in [2.24, 2.45) is 4.99 Å². The average molecular weight is 241 g/mol. The molecule has 1 aliphatic rings. The zero-order valence-electron chi connectivity index (χ0n) is 11.3. The van der Waals surface area contributed by atoms with Crippen LogP contribution in [0.15, 0.2) is 4.99 Å². The molecule has 1 fully saturated rings. The van der Waals surface area contributed by atoms with Gasteiger partial charge in [0.25, 0.3) is 0 Å². The second-order valence-corrected chi connectivity index (χ2v) is 4.91. The minimum Gasteiger partial charge on any atom is -0.388 e. The topological polar surface area (TPSA) is 56.7 Å². The fraction of sp³-hybridized carbons (Fsp3) is 0.923. The lowest BCUT2D eigenvalue weighted by Gasteiger charge is -2.20. The normalized spacial score (nSPS) is 19.4. The van der Waals surface area contributed by atoms with Crippen LogP contribution in [-0.4, -0.2) is 36.3 Å². The molecule has 0 amide bonds. The third kappa shape index (κ3) is 5.39. The van der Waals surface area contributed by atoms with Crippen molar-refractivity contribution in [3.8, 4) is 0 Å². The van der Waals surface area contributed by atoms with Crippen LogP contribution in [0, 0.1) is 0 Å². The summed E-state index contributed by atoms with van der Waals surface area (Å²) in [4.78, 5) is 4.48. The summed E-state index contributed by atoms with van der Waals surface area (Å²) < 4.78 is 0. The summed E-state index contributed by atoms with van der Waals surface area (Å²) in [6.45, 7) is 6.56. The summed E-state index contributed by atoms with van der Waals surface area (Å²) in [5.41, 5.74) is -0.549. The number of nitrogens with one attached hydrogen (secondary N) is 2. The lowest BCUT2D eigenvalue weighted by molar-refractivity contribution is 0.0574. The fourth-order valence-electron chi connectivity index (χ4n) is 2.14. The van der Waals surface area contributed by atoms with Gasteiger partial charge in [-0.15, -0.1) is 0 Å². The van der Waals surface area contributed by atoms with E-state index in [1.165, 1.54) is 6.42 Å². The van der Waals surface area contributed by atoms with E-state index in [-0.39, 0.29) is 0 Å². The lowest BCUT2D eigenvalue weighted by atomic mass is 10.0. The Morgan fingerprint density at radius 1 is 1.24 bits per heavy atom. The van der Waals surface area contributed by atoms with Crippen LogP contribution >= 0.6 is 0 Å². The Morgan fingerprint density at radius 2 is 1.94 bits per heavy atom. The van der Waals surface area contributed by atoms with Crippen molar-refractivity contribution in [3.05, 3.63) is 0 Å². The molecule has 0 aromatic rings. The number of rotatable bonds is 6. The fourth-order valence-corrected chi connectivity index (χ4v) is 2.14. The zero-order chi connectivity index (χ0) is 12.6. The third-order valence-corrected chi connectivity index (χ3v) is 3.23. The van der Waals surface area contributed by atoms with Gasteiger partial charge < -0.3 is 15.7 Å². The van der Waals surface area contributed by atoms with Gasteiger partial charge >= 0.3 is 0 Å². The summed E-state index contributed by atoms with van der Waals surface area (Å²) in [5, 5.41) is 16.7. The van der Waals surface area contributed by atoms with Crippen LogP contribution in [-0.2, 0) is 0 Å². The Hall–Kier alpha value is -0.770. The highest BCUT2D eigenvalue weighted by Gasteiger charge is 2.30. The van der Waals surface area contributed by atoms with Crippen LogP contribution in [0.2, 0.25) is 0 Å². The summed E-state index contributed by atoms with van der Waals surface area (Å²) in [6, 6.07) is 0. The van der Waals surface area contributed by atoms with Crippen LogP contribution in [0.4, 0.5) is 0 Å². The van der Waals surface area contributed by atoms with E-state index in [9.17, 15) is 5.11 Å². The van der Waals surface area contributed by atoms with E-state index in [0.29, 0.717) is 6.54 Å². The van der Waals surface area contributed by atoms with E-state index in [1.807, 2.05) is 0 Å². The van der Waals surface area contributed by atoms with E-state index < -0.39 is 5.60 Å². The standard InChI is InChI=1S/C13H27N3O/c1-3-5-10-15-12(14-4-2)16-11-13(17)8-6-7-9-13/h17H,3-11H2,1-2H3,(H2,14,15,16). The largest absolute Gasteiger partial charge is 0.388 e. The van der Waals surface area contributed by atoms with Crippen molar-refractivity contribution in [2.45, 2.75) is 58.0 Å². The minimum atomic E-state index is -0.549. The molecule has 4 nitrogen and oxygen atoms in total. The molecule has 1 aliphatic carbocycles. The van der Waals surface area contributed by atoms with Crippen LogP contribution < -0.4 is 10.6 Å². The molecule has 4 heteroatoms. The van der Waals surface area contributed by atoms with Gasteiger partial charge in [0.05, 0.1) is 12.1 Å². The van der Waals surface area contributed by atoms with Gasteiger partial charge in [-0.1, -0.05) is 26.2 Å². The molecule has 0 bridgehead atoms. The van der Waals surface area contributed by atoms with Crippen LogP contribution in [0.25, 0.3) is 0 Å². The van der Waals surface area contributed by atoms with Crippen molar-refractivity contribution in [2.75, 3.05) is 19.6 Å². The van der Waals surface area contributed by atoms with E-state index in [4.69, 9.17) is 0 Å². The molecule has 0 spiro atoms. The lowest BCUT2D eigenvalue weighted by Crippen LogP contribution is -2.39. The maximum atomic E-state index is 10.2. The molecular weight excluding hydrogens is 214 g/mol. The number of guanidine groups is 1. The second kappa shape index (κ2) is 7.54. The highest BCUT2D eigenvalue weighted by atomic mass is 16.3. The van der Waals surface area contributed by atoms with E-state index in [0.717, 1.165) is 51.2 Å². The number of aliphatic hydroxyl groups is 1. The van der Waals surface area contributed by atoms with Gasteiger partial charge in [-0.3, -0.25) is 4.99 Å². The number of nitrogens with zero attached hydrogens (tertiary/aromatic N) is 1. The molecule has 0 unspecified atom stereocenters.